The van der Waals surface area contributed by atoms with E-state index in [1.807, 2.05) is 30.6 Å². The van der Waals surface area contributed by atoms with Crippen molar-refractivity contribution in [2.24, 2.45) is 0 Å². The number of hydrogen-bond acceptors (Lipinski definition) is 5. The van der Waals surface area contributed by atoms with E-state index >= 15 is 0 Å². The second-order valence-electron chi connectivity index (χ2n) is 3.83. The molecule has 2 heterocycles. The molecule has 4 nitrogen and oxygen atoms in total. The number of hydrogen-bond donors (Lipinski definition) is 1. The highest BCUT2D eigenvalue weighted by molar-refractivity contribution is 7.16. The molecular weight excluding hydrogens is 268 g/mol. The van der Waals surface area contributed by atoms with Crippen molar-refractivity contribution in [3.05, 3.63) is 40.8 Å². The zero-order chi connectivity index (χ0) is 12.5. The van der Waals surface area contributed by atoms with E-state index in [4.69, 9.17) is 11.6 Å². The topological polar surface area (TPSA) is 50.7 Å². The van der Waals surface area contributed by atoms with Crippen molar-refractivity contribution in [1.29, 1.82) is 0 Å². The third kappa shape index (κ3) is 2.14. The van der Waals surface area contributed by atoms with Gasteiger partial charge in [0.1, 0.15) is 5.82 Å². The molecule has 6 heteroatoms. The monoisotopic (exact) mass is 276 g/mol. The highest BCUT2D eigenvalue weighted by atomic mass is 35.5. The molecule has 0 amide bonds. The molecule has 0 aliphatic heterocycles. The van der Waals surface area contributed by atoms with Gasteiger partial charge in [-0.3, -0.25) is 0 Å². The fraction of sp³-hybridized carbons (Fsp3) is 0.0833. The maximum absolute atomic E-state index is 5.79. The molecule has 0 unspecified atom stereocenters. The van der Waals surface area contributed by atoms with Crippen LogP contribution in [0.4, 0.5) is 11.5 Å². The molecule has 0 aliphatic rings. The number of anilines is 2. The number of aryl methyl sites for hydroxylation is 1. The third-order valence-electron chi connectivity index (χ3n) is 2.54. The van der Waals surface area contributed by atoms with Crippen LogP contribution in [0.15, 0.2) is 29.9 Å². The Hall–Kier alpha value is -1.72. The number of nitrogens with one attached hydrogen (secondary N) is 1. The third-order valence-corrected chi connectivity index (χ3v) is 3.51. The van der Waals surface area contributed by atoms with E-state index in [2.05, 4.69) is 20.3 Å². The Morgan fingerprint density at radius 1 is 1.28 bits per heavy atom. The summed E-state index contributed by atoms with van der Waals surface area (Å²) in [6.45, 7) is 1.93. The van der Waals surface area contributed by atoms with E-state index in [1.165, 1.54) is 0 Å². The first kappa shape index (κ1) is 11.4. The lowest BCUT2D eigenvalue weighted by molar-refractivity contribution is 1.13. The lowest BCUT2D eigenvalue weighted by Gasteiger charge is -2.08. The molecule has 0 fully saturated rings. The van der Waals surface area contributed by atoms with Crippen LogP contribution in [0.1, 0.15) is 5.56 Å². The van der Waals surface area contributed by atoms with Gasteiger partial charge in [0, 0.05) is 17.4 Å². The van der Waals surface area contributed by atoms with Crippen molar-refractivity contribution in [2.45, 2.75) is 6.92 Å². The van der Waals surface area contributed by atoms with Crippen molar-refractivity contribution in [3.63, 3.8) is 0 Å². The molecule has 0 atom stereocenters. The standard InChI is InChI=1S/C12H9ClN4S/c1-7-5-14-12(13)17-11(7)16-8-2-3-9-10(4-8)18-6-15-9/h2-6H,1H3,(H,14,16,17). The summed E-state index contributed by atoms with van der Waals surface area (Å²) in [5.74, 6) is 0.721. The van der Waals surface area contributed by atoms with Gasteiger partial charge in [-0.15, -0.1) is 11.3 Å². The number of rotatable bonds is 2. The summed E-state index contributed by atoms with van der Waals surface area (Å²) >= 11 is 7.40. The summed E-state index contributed by atoms with van der Waals surface area (Å²) in [7, 11) is 0. The van der Waals surface area contributed by atoms with E-state index in [0.717, 1.165) is 27.3 Å². The lowest BCUT2D eigenvalue weighted by atomic mass is 10.3. The molecule has 0 aliphatic carbocycles. The Labute approximate surface area is 113 Å². The predicted octanol–water partition coefficient (Wildman–Crippen LogP) is 3.79. The van der Waals surface area contributed by atoms with E-state index < -0.39 is 0 Å². The molecule has 3 rings (SSSR count). The number of aromatic nitrogens is 3. The molecule has 0 saturated carbocycles. The minimum Gasteiger partial charge on any atom is -0.340 e. The predicted molar refractivity (Wildman–Crippen MR) is 74.7 cm³/mol. The quantitative estimate of drug-likeness (QED) is 0.724. The van der Waals surface area contributed by atoms with Gasteiger partial charge in [0.2, 0.25) is 5.28 Å². The van der Waals surface area contributed by atoms with E-state index in [9.17, 15) is 0 Å². The summed E-state index contributed by atoms with van der Waals surface area (Å²) in [5.41, 5.74) is 4.75. The highest BCUT2D eigenvalue weighted by Gasteiger charge is 2.04. The van der Waals surface area contributed by atoms with Crippen LogP contribution in [0.3, 0.4) is 0 Å². The molecule has 18 heavy (non-hydrogen) atoms. The number of thiazole rings is 1. The molecular formula is C12H9ClN4S. The lowest BCUT2D eigenvalue weighted by Crippen LogP contribution is -1.97. The Kier molecular flexibility index (Phi) is 2.85. The molecule has 0 radical (unpaired) electrons. The van der Waals surface area contributed by atoms with E-state index in [1.54, 1.807) is 17.5 Å². The van der Waals surface area contributed by atoms with Crippen molar-refractivity contribution >= 4 is 44.7 Å². The smallest absolute Gasteiger partial charge is 0.224 e. The van der Waals surface area contributed by atoms with Gasteiger partial charge in [-0.2, -0.15) is 0 Å². The van der Waals surface area contributed by atoms with Crippen LogP contribution in [-0.4, -0.2) is 15.0 Å². The first-order chi connectivity index (χ1) is 8.72. The van der Waals surface area contributed by atoms with Crippen LogP contribution >= 0.6 is 22.9 Å². The molecule has 1 N–H and O–H groups in total. The maximum atomic E-state index is 5.79. The number of fused-ring (bicyclic) bond motifs is 1. The SMILES string of the molecule is Cc1cnc(Cl)nc1Nc1ccc2ncsc2c1. The largest absolute Gasteiger partial charge is 0.340 e. The Balaban J connectivity index is 1.97. The van der Waals surface area contributed by atoms with Crippen LogP contribution in [-0.2, 0) is 0 Å². The van der Waals surface area contributed by atoms with Gasteiger partial charge in [0.25, 0.3) is 0 Å². The summed E-state index contributed by atoms with van der Waals surface area (Å²) in [6, 6.07) is 5.99. The average molecular weight is 277 g/mol. The second-order valence-corrected chi connectivity index (χ2v) is 5.05. The van der Waals surface area contributed by atoms with Crippen LogP contribution in [0.2, 0.25) is 5.28 Å². The molecule has 0 bridgehead atoms. The van der Waals surface area contributed by atoms with E-state index in [0.29, 0.717) is 0 Å². The minimum absolute atomic E-state index is 0.238. The summed E-state index contributed by atoms with van der Waals surface area (Å²) in [6.07, 6.45) is 1.70. The van der Waals surface area contributed by atoms with Crippen molar-refractivity contribution in [2.75, 3.05) is 5.32 Å². The van der Waals surface area contributed by atoms with Crippen LogP contribution in [0, 0.1) is 6.92 Å². The van der Waals surface area contributed by atoms with Gasteiger partial charge in [-0.05, 0) is 36.7 Å². The van der Waals surface area contributed by atoms with Gasteiger partial charge >= 0.3 is 0 Å². The Morgan fingerprint density at radius 3 is 3.06 bits per heavy atom. The van der Waals surface area contributed by atoms with Gasteiger partial charge < -0.3 is 5.32 Å². The average Bonchev–Trinajstić information content (AvgIpc) is 2.81. The fourth-order valence-electron chi connectivity index (χ4n) is 1.62. The van der Waals surface area contributed by atoms with Gasteiger partial charge in [0.15, 0.2) is 0 Å². The number of benzene rings is 1. The van der Waals surface area contributed by atoms with Crippen molar-refractivity contribution < 1.29 is 0 Å². The van der Waals surface area contributed by atoms with Crippen LogP contribution < -0.4 is 5.32 Å². The summed E-state index contributed by atoms with van der Waals surface area (Å²) in [5, 5.41) is 3.48. The van der Waals surface area contributed by atoms with Gasteiger partial charge in [0.05, 0.1) is 15.7 Å². The maximum Gasteiger partial charge on any atom is 0.224 e. The van der Waals surface area contributed by atoms with Gasteiger partial charge in [-0.1, -0.05) is 0 Å². The minimum atomic E-state index is 0.238. The second kappa shape index (κ2) is 4.51. The van der Waals surface area contributed by atoms with E-state index in [-0.39, 0.29) is 5.28 Å². The Bertz CT molecular complexity index is 710. The molecule has 0 spiro atoms. The zero-order valence-corrected chi connectivity index (χ0v) is 11.1. The molecule has 90 valence electrons. The zero-order valence-electron chi connectivity index (χ0n) is 9.51. The molecule has 3 aromatic rings. The molecule has 0 saturated heterocycles. The normalized spacial score (nSPS) is 10.8. The molecule has 2 aromatic heterocycles. The van der Waals surface area contributed by atoms with Crippen LogP contribution in [0.25, 0.3) is 10.2 Å². The molecule has 1 aromatic carbocycles. The first-order valence-electron chi connectivity index (χ1n) is 5.32. The van der Waals surface area contributed by atoms with Crippen LogP contribution in [0.5, 0.6) is 0 Å². The summed E-state index contributed by atoms with van der Waals surface area (Å²) in [4.78, 5) is 12.3. The fourth-order valence-corrected chi connectivity index (χ4v) is 2.47. The first-order valence-corrected chi connectivity index (χ1v) is 6.57. The van der Waals surface area contributed by atoms with Crippen molar-refractivity contribution in [3.8, 4) is 0 Å². The van der Waals surface area contributed by atoms with Crippen molar-refractivity contribution in [1.82, 2.24) is 15.0 Å². The number of halogens is 1. The Morgan fingerprint density at radius 2 is 2.17 bits per heavy atom. The summed E-state index contributed by atoms with van der Waals surface area (Å²) < 4.78 is 1.14. The highest BCUT2D eigenvalue weighted by Crippen LogP contribution is 2.25. The van der Waals surface area contributed by atoms with Gasteiger partial charge in [-0.25, -0.2) is 15.0 Å². The number of nitrogens with zero attached hydrogens (tertiary/aromatic N) is 3.